The van der Waals surface area contributed by atoms with Gasteiger partial charge in [-0.15, -0.1) is 0 Å². The highest BCUT2D eigenvalue weighted by Gasteiger charge is 2.30. The van der Waals surface area contributed by atoms with E-state index in [9.17, 15) is 5.26 Å². The lowest BCUT2D eigenvalue weighted by atomic mass is 9.94. The number of aliphatic imine (C=N–C) groups is 1. The molecule has 0 radical (unpaired) electrons. The summed E-state index contributed by atoms with van der Waals surface area (Å²) in [6, 6.07) is 9.60. The Balaban J connectivity index is 1.79. The molecule has 1 aliphatic heterocycles. The second-order valence-electron chi connectivity index (χ2n) is 7.46. The largest absolute Gasteiger partial charge is 0.496 e. The van der Waals surface area contributed by atoms with Crippen LogP contribution in [-0.4, -0.2) is 18.1 Å². The van der Waals surface area contributed by atoms with E-state index in [0.717, 1.165) is 0 Å². The average molecular weight is 544 g/mol. The molecule has 13 heteroatoms. The van der Waals surface area contributed by atoms with E-state index in [1.54, 1.807) is 18.2 Å². The molecule has 0 saturated heterocycles. The molecule has 0 saturated carbocycles. The molecule has 36 heavy (non-hydrogen) atoms. The van der Waals surface area contributed by atoms with Crippen LogP contribution in [-0.2, 0) is 6.61 Å². The van der Waals surface area contributed by atoms with Gasteiger partial charge in [-0.2, -0.15) is 10.5 Å². The summed E-state index contributed by atoms with van der Waals surface area (Å²) in [7, 11) is 1.53. The molecular formula is C23H17Cl3N8O2. The number of methoxy groups -OCH3 is 1. The first-order chi connectivity index (χ1) is 17.3. The molecule has 2 aromatic carbocycles. The van der Waals surface area contributed by atoms with Crippen LogP contribution in [0.25, 0.3) is 0 Å². The second kappa shape index (κ2) is 10.3. The van der Waals surface area contributed by atoms with E-state index in [-0.39, 0.29) is 51.2 Å². The van der Waals surface area contributed by atoms with Crippen molar-refractivity contribution in [3.63, 3.8) is 0 Å². The number of nitrogens with two attached hydrogens (primary N) is 2. The van der Waals surface area contributed by atoms with Gasteiger partial charge in [0.05, 0.1) is 22.8 Å². The van der Waals surface area contributed by atoms with Crippen molar-refractivity contribution in [3.05, 3.63) is 67.7 Å². The number of nitrogen functional groups attached to an aromatic ring is 2. The Hall–Kier alpha value is -4.09. The summed E-state index contributed by atoms with van der Waals surface area (Å²) in [6.07, 6.45) is 1.81. The van der Waals surface area contributed by atoms with Crippen molar-refractivity contribution in [3.8, 4) is 23.8 Å². The van der Waals surface area contributed by atoms with Crippen LogP contribution in [0.5, 0.6) is 11.5 Å². The van der Waals surface area contributed by atoms with Gasteiger partial charge in [0.1, 0.15) is 41.7 Å². The zero-order chi connectivity index (χ0) is 26.0. The molecule has 3 aromatic rings. The number of hydrogen-bond donors (Lipinski definition) is 4. The summed E-state index contributed by atoms with van der Waals surface area (Å²) >= 11 is 18.5. The zero-order valence-corrected chi connectivity index (χ0v) is 20.8. The molecule has 10 nitrogen and oxygen atoms in total. The summed E-state index contributed by atoms with van der Waals surface area (Å²) in [6.45, 7) is 0.0435. The molecule has 0 aliphatic carbocycles. The second-order valence-corrected chi connectivity index (χ2v) is 8.71. The maximum Gasteiger partial charge on any atom is 0.211 e. The molecule has 0 fully saturated rings. The lowest BCUT2D eigenvalue weighted by molar-refractivity contribution is 0.297. The third-order valence-corrected chi connectivity index (χ3v) is 6.09. The minimum absolute atomic E-state index is 0.0385. The number of benzene rings is 2. The lowest BCUT2D eigenvalue weighted by Crippen LogP contribution is -2.32. The molecule has 6 N–H and O–H groups in total. The van der Waals surface area contributed by atoms with Gasteiger partial charge in [-0.05, 0) is 29.8 Å². The van der Waals surface area contributed by atoms with Crippen LogP contribution >= 0.6 is 34.8 Å². The number of rotatable bonds is 5. The number of guanidine groups is 1. The maximum absolute atomic E-state index is 9.52. The fraction of sp³-hybridized carbons (Fsp3) is 0.130. The SMILES string of the molecule is COc1ccc(C2N=C(NC#N)Nc3nc(N)c(C#N)c(N)c32)cc1COc1c(Cl)cc(Cl)cc1Cl. The van der Waals surface area contributed by atoms with Crippen molar-refractivity contribution in [1.82, 2.24) is 10.3 Å². The number of ether oxygens (including phenoxy) is 2. The van der Waals surface area contributed by atoms with Crippen LogP contribution in [0.2, 0.25) is 15.1 Å². The number of fused-ring (bicyclic) bond motifs is 1. The van der Waals surface area contributed by atoms with Crippen molar-refractivity contribution < 1.29 is 9.47 Å². The Morgan fingerprint density at radius 3 is 2.50 bits per heavy atom. The fourth-order valence-corrected chi connectivity index (χ4v) is 4.65. The van der Waals surface area contributed by atoms with Crippen molar-refractivity contribution in [1.29, 1.82) is 10.5 Å². The van der Waals surface area contributed by atoms with Gasteiger partial charge in [0.2, 0.25) is 5.96 Å². The number of aromatic nitrogens is 1. The number of nitrogens with zero attached hydrogens (tertiary/aromatic N) is 4. The maximum atomic E-state index is 9.52. The third kappa shape index (κ3) is 4.70. The van der Waals surface area contributed by atoms with Crippen LogP contribution in [0, 0.1) is 22.8 Å². The minimum atomic E-state index is -0.732. The topological polar surface area (TPSA) is 167 Å². The Labute approximate surface area is 221 Å². The quantitative estimate of drug-likeness (QED) is 0.265. The third-order valence-electron chi connectivity index (χ3n) is 5.31. The van der Waals surface area contributed by atoms with E-state index < -0.39 is 6.04 Å². The van der Waals surface area contributed by atoms with Crippen LogP contribution in [0.3, 0.4) is 0 Å². The van der Waals surface area contributed by atoms with Gasteiger partial charge in [-0.3, -0.25) is 5.32 Å². The molecule has 0 bridgehead atoms. The van der Waals surface area contributed by atoms with Gasteiger partial charge in [0, 0.05) is 16.1 Å². The molecule has 2 heterocycles. The highest BCUT2D eigenvalue weighted by molar-refractivity contribution is 6.40. The standard InChI is InChI=1S/C23H17Cl3N8O2/c1-35-16-3-2-10(4-11(16)8-36-20-14(25)5-12(24)6-15(20)26)19-17-18(29)13(7-27)21(30)33-22(17)34-23(32-19)31-9-28/h2-6,19H,8H2,1H3,(H6,29,30,31,32,33,34). The summed E-state index contributed by atoms with van der Waals surface area (Å²) in [5.74, 6) is 1.17. The van der Waals surface area contributed by atoms with Crippen LogP contribution in [0.1, 0.15) is 28.3 Å². The molecule has 182 valence electrons. The van der Waals surface area contributed by atoms with Crippen LogP contribution in [0.4, 0.5) is 17.3 Å². The molecule has 1 aliphatic rings. The molecule has 1 unspecified atom stereocenters. The molecule has 4 rings (SSSR count). The van der Waals surface area contributed by atoms with E-state index in [2.05, 4.69) is 20.6 Å². The number of nitrogens with one attached hydrogen (secondary N) is 2. The lowest BCUT2D eigenvalue weighted by Gasteiger charge is -2.26. The predicted molar refractivity (Wildman–Crippen MR) is 138 cm³/mol. The van der Waals surface area contributed by atoms with Crippen molar-refractivity contribution in [2.24, 2.45) is 4.99 Å². The van der Waals surface area contributed by atoms with Crippen molar-refractivity contribution in [2.45, 2.75) is 12.6 Å². The van der Waals surface area contributed by atoms with Gasteiger partial charge in [0.15, 0.2) is 11.9 Å². The van der Waals surface area contributed by atoms with Gasteiger partial charge in [0.25, 0.3) is 0 Å². The highest BCUT2D eigenvalue weighted by Crippen LogP contribution is 2.42. The number of hydrogen-bond acceptors (Lipinski definition) is 10. The first-order valence-electron chi connectivity index (χ1n) is 10.2. The van der Waals surface area contributed by atoms with Crippen molar-refractivity contribution in [2.75, 3.05) is 23.9 Å². The monoisotopic (exact) mass is 542 g/mol. The van der Waals surface area contributed by atoms with E-state index in [0.29, 0.717) is 27.5 Å². The zero-order valence-electron chi connectivity index (χ0n) is 18.6. The van der Waals surface area contributed by atoms with Crippen molar-refractivity contribution >= 4 is 58.1 Å². The molecule has 1 atom stereocenters. The Kier molecular flexibility index (Phi) is 7.13. The minimum Gasteiger partial charge on any atom is -0.496 e. The van der Waals surface area contributed by atoms with E-state index in [4.69, 9.17) is 61.0 Å². The fourth-order valence-electron chi connectivity index (χ4n) is 3.72. The van der Waals surface area contributed by atoms with E-state index >= 15 is 0 Å². The van der Waals surface area contributed by atoms with Gasteiger partial charge >= 0.3 is 0 Å². The number of halogens is 3. The number of pyridine rings is 1. The molecule has 0 spiro atoms. The van der Waals surface area contributed by atoms with Gasteiger partial charge < -0.3 is 26.3 Å². The van der Waals surface area contributed by atoms with Gasteiger partial charge in [-0.25, -0.2) is 9.98 Å². The summed E-state index contributed by atoms with van der Waals surface area (Å²) in [5.41, 5.74) is 14.1. The first-order valence-corrected chi connectivity index (χ1v) is 11.3. The average Bonchev–Trinajstić information content (AvgIpc) is 2.83. The normalized spacial score (nSPS) is 13.9. The molecule has 1 aromatic heterocycles. The predicted octanol–water partition coefficient (Wildman–Crippen LogP) is 4.61. The number of nitriles is 2. The van der Waals surface area contributed by atoms with Gasteiger partial charge in [-0.1, -0.05) is 40.9 Å². The molecule has 0 amide bonds. The Morgan fingerprint density at radius 1 is 1.14 bits per heavy atom. The first kappa shape index (κ1) is 25.0. The highest BCUT2D eigenvalue weighted by atomic mass is 35.5. The van der Waals surface area contributed by atoms with Crippen LogP contribution in [0.15, 0.2) is 35.3 Å². The van der Waals surface area contributed by atoms with E-state index in [1.807, 2.05) is 12.3 Å². The Morgan fingerprint density at radius 2 is 1.86 bits per heavy atom. The molecular weight excluding hydrogens is 527 g/mol. The summed E-state index contributed by atoms with van der Waals surface area (Å²) < 4.78 is 11.4. The van der Waals surface area contributed by atoms with Crippen LogP contribution < -0.4 is 31.6 Å². The number of anilines is 3. The smallest absolute Gasteiger partial charge is 0.211 e. The van der Waals surface area contributed by atoms with E-state index in [1.165, 1.54) is 19.2 Å². The summed E-state index contributed by atoms with van der Waals surface area (Å²) in [5, 5.41) is 24.9. The summed E-state index contributed by atoms with van der Waals surface area (Å²) in [4.78, 5) is 8.82. The Bertz CT molecular complexity index is 1460.